The van der Waals surface area contributed by atoms with Gasteiger partial charge >= 0.3 is 0 Å². The van der Waals surface area contributed by atoms with Crippen LogP contribution >= 0.6 is 0 Å². The number of hydrogen-bond donors (Lipinski definition) is 1. The first-order valence-electron chi connectivity index (χ1n) is 8.90. The summed E-state index contributed by atoms with van der Waals surface area (Å²) in [5.74, 6) is -2.18. The Morgan fingerprint density at radius 3 is 2.67 bits per heavy atom. The molecule has 1 aliphatic heterocycles. The Kier molecular flexibility index (Phi) is 4.21. The minimum Gasteiger partial charge on any atom is -0.387 e. The molecule has 0 amide bonds. The number of carbonyl (C=O) groups excluding carboxylic acids is 1. The number of ketones is 1. The molecule has 4 rings (SSSR count). The van der Waals surface area contributed by atoms with E-state index in [0.717, 1.165) is 37.7 Å². The number of benzene rings is 1. The molecular weight excluding hydrogens is 308 g/mol. The van der Waals surface area contributed by atoms with E-state index in [4.69, 9.17) is 14.2 Å². The summed E-state index contributed by atoms with van der Waals surface area (Å²) in [6, 6.07) is 9.72. The highest BCUT2D eigenvalue weighted by atomic mass is 16.8. The highest BCUT2D eigenvalue weighted by molar-refractivity contribution is 5.85. The Morgan fingerprint density at radius 2 is 1.92 bits per heavy atom. The molecule has 0 aromatic heterocycles. The first-order valence-corrected chi connectivity index (χ1v) is 8.90. The Bertz CT molecular complexity index is 595. The minimum absolute atomic E-state index is 0.0317. The Morgan fingerprint density at radius 1 is 1.17 bits per heavy atom. The molecule has 5 nitrogen and oxygen atoms in total. The molecule has 24 heavy (non-hydrogen) atoms. The van der Waals surface area contributed by atoms with Gasteiger partial charge in [0, 0.05) is 19.3 Å². The van der Waals surface area contributed by atoms with E-state index in [1.54, 1.807) is 0 Å². The first-order chi connectivity index (χ1) is 11.6. The summed E-state index contributed by atoms with van der Waals surface area (Å²) in [7, 11) is 0. The summed E-state index contributed by atoms with van der Waals surface area (Å²) in [6.07, 6.45) is 3.63. The van der Waals surface area contributed by atoms with Gasteiger partial charge in [0.25, 0.3) is 0 Å². The number of fused-ring (bicyclic) bond motifs is 1. The van der Waals surface area contributed by atoms with Crippen molar-refractivity contribution in [3.05, 3.63) is 35.9 Å². The van der Waals surface area contributed by atoms with Gasteiger partial charge in [-0.3, -0.25) is 4.79 Å². The third-order valence-corrected chi connectivity index (χ3v) is 5.39. The maximum atomic E-state index is 12.5. The number of ether oxygens (including phenoxy) is 3. The lowest BCUT2D eigenvalue weighted by molar-refractivity contribution is -0.313. The van der Waals surface area contributed by atoms with Crippen LogP contribution in [0.1, 0.15) is 50.5 Å². The zero-order chi connectivity index (χ0) is 16.6. The number of aliphatic hydroxyl groups is 1. The van der Waals surface area contributed by atoms with Crippen LogP contribution in [-0.4, -0.2) is 34.7 Å². The van der Waals surface area contributed by atoms with Crippen molar-refractivity contribution in [1.29, 1.82) is 0 Å². The Balaban J connectivity index is 1.61. The summed E-state index contributed by atoms with van der Waals surface area (Å²) >= 11 is 0. The van der Waals surface area contributed by atoms with Crippen molar-refractivity contribution in [2.24, 2.45) is 0 Å². The van der Waals surface area contributed by atoms with Crippen LogP contribution in [-0.2, 0) is 25.6 Å². The molecule has 2 aliphatic carbocycles. The molecule has 1 spiro atoms. The normalized spacial score (nSPS) is 35.1. The van der Waals surface area contributed by atoms with E-state index in [2.05, 4.69) is 0 Å². The van der Waals surface area contributed by atoms with E-state index >= 15 is 0 Å². The zero-order valence-electron chi connectivity index (χ0n) is 13.8. The molecule has 1 aromatic carbocycles. The second kappa shape index (κ2) is 6.23. The third-order valence-electron chi connectivity index (χ3n) is 5.39. The largest absolute Gasteiger partial charge is 0.387 e. The lowest BCUT2D eigenvalue weighted by atomic mass is 9.87. The molecule has 2 saturated carbocycles. The van der Waals surface area contributed by atoms with Gasteiger partial charge in [0.1, 0.15) is 6.10 Å². The standard InChI is InChI=1S/C19H24O5/c20-15-9-10-16(21)19(22-13-14-7-3-1-4-8-14)17(15)23-18(24-19)11-5-2-6-12-18/h1,3-4,7-8,16-17,21H,2,5-6,9-13H2/t16-,17-,19+/m0/s1. The van der Waals surface area contributed by atoms with Crippen molar-refractivity contribution in [3.63, 3.8) is 0 Å². The van der Waals surface area contributed by atoms with Crippen molar-refractivity contribution in [1.82, 2.24) is 0 Å². The first kappa shape index (κ1) is 16.2. The summed E-state index contributed by atoms with van der Waals surface area (Å²) in [5.41, 5.74) is 0.976. The minimum atomic E-state index is -1.37. The zero-order valence-corrected chi connectivity index (χ0v) is 13.8. The van der Waals surface area contributed by atoms with Gasteiger partial charge in [0.2, 0.25) is 5.79 Å². The van der Waals surface area contributed by atoms with Crippen molar-refractivity contribution in [3.8, 4) is 0 Å². The lowest BCUT2D eigenvalue weighted by Gasteiger charge is -2.40. The molecule has 0 unspecified atom stereocenters. The fourth-order valence-corrected chi connectivity index (χ4v) is 4.09. The van der Waals surface area contributed by atoms with Crippen LogP contribution in [0.15, 0.2) is 30.3 Å². The van der Waals surface area contributed by atoms with Crippen LogP contribution in [0.5, 0.6) is 0 Å². The van der Waals surface area contributed by atoms with Crippen LogP contribution in [0, 0.1) is 0 Å². The highest BCUT2D eigenvalue weighted by Gasteiger charge is 2.65. The number of rotatable bonds is 3. The maximum absolute atomic E-state index is 12.5. The van der Waals surface area contributed by atoms with Gasteiger partial charge in [-0.1, -0.05) is 36.8 Å². The van der Waals surface area contributed by atoms with Crippen LogP contribution in [0.4, 0.5) is 0 Å². The molecule has 0 radical (unpaired) electrons. The second-order valence-electron chi connectivity index (χ2n) is 7.09. The van der Waals surface area contributed by atoms with E-state index in [9.17, 15) is 9.90 Å². The van der Waals surface area contributed by atoms with Gasteiger partial charge in [-0.2, -0.15) is 0 Å². The van der Waals surface area contributed by atoms with Gasteiger partial charge in [0.15, 0.2) is 17.7 Å². The van der Waals surface area contributed by atoms with Crippen LogP contribution < -0.4 is 0 Å². The van der Waals surface area contributed by atoms with E-state index in [1.807, 2.05) is 30.3 Å². The lowest BCUT2D eigenvalue weighted by Crippen LogP contribution is -2.58. The maximum Gasteiger partial charge on any atom is 0.231 e. The van der Waals surface area contributed by atoms with E-state index in [0.29, 0.717) is 12.8 Å². The molecule has 1 N–H and O–H groups in total. The molecular formula is C19H24O5. The smallest absolute Gasteiger partial charge is 0.231 e. The van der Waals surface area contributed by atoms with Gasteiger partial charge in [-0.15, -0.1) is 0 Å². The highest BCUT2D eigenvalue weighted by Crippen LogP contribution is 2.50. The monoisotopic (exact) mass is 332 g/mol. The summed E-state index contributed by atoms with van der Waals surface area (Å²) in [4.78, 5) is 12.5. The van der Waals surface area contributed by atoms with Crippen LogP contribution in [0.25, 0.3) is 0 Å². The van der Waals surface area contributed by atoms with Gasteiger partial charge in [-0.05, 0) is 24.8 Å². The molecule has 130 valence electrons. The molecule has 3 aliphatic rings. The van der Waals surface area contributed by atoms with Crippen LogP contribution in [0.2, 0.25) is 0 Å². The van der Waals surface area contributed by atoms with Crippen molar-refractivity contribution < 1.29 is 24.1 Å². The summed E-state index contributed by atoms with van der Waals surface area (Å²) in [6.45, 7) is 0.279. The Hall–Kier alpha value is -1.27. The summed E-state index contributed by atoms with van der Waals surface area (Å²) in [5, 5.41) is 10.7. The molecule has 1 saturated heterocycles. The molecule has 5 heteroatoms. The van der Waals surface area contributed by atoms with E-state index in [1.165, 1.54) is 0 Å². The third kappa shape index (κ3) is 2.69. The fourth-order valence-electron chi connectivity index (χ4n) is 4.09. The average molecular weight is 332 g/mol. The average Bonchev–Trinajstić information content (AvgIpc) is 2.94. The van der Waals surface area contributed by atoms with Crippen molar-refractivity contribution in [2.45, 2.75) is 75.3 Å². The SMILES string of the molecule is O=C1CC[C@H](O)[C@@]2(OCc3ccccc3)OC3(CCCCC3)O[C@@H]12. The number of carbonyl (C=O) groups is 1. The number of Topliss-reactive ketones (excluding diaryl/α,β-unsaturated/α-hetero) is 1. The van der Waals surface area contributed by atoms with Crippen molar-refractivity contribution >= 4 is 5.78 Å². The molecule has 0 bridgehead atoms. The molecule has 3 atom stereocenters. The molecule has 3 fully saturated rings. The van der Waals surface area contributed by atoms with Gasteiger partial charge in [0.05, 0.1) is 6.61 Å². The molecule has 1 heterocycles. The second-order valence-corrected chi connectivity index (χ2v) is 7.09. The Labute approximate surface area is 141 Å². The van der Waals surface area contributed by atoms with Crippen molar-refractivity contribution in [2.75, 3.05) is 0 Å². The quantitative estimate of drug-likeness (QED) is 0.922. The van der Waals surface area contributed by atoms with Gasteiger partial charge in [-0.25, -0.2) is 0 Å². The number of hydrogen-bond acceptors (Lipinski definition) is 5. The predicted molar refractivity (Wildman–Crippen MR) is 86.0 cm³/mol. The number of aliphatic hydroxyl groups excluding tert-OH is 1. The van der Waals surface area contributed by atoms with E-state index in [-0.39, 0.29) is 12.4 Å². The topological polar surface area (TPSA) is 65.0 Å². The van der Waals surface area contributed by atoms with Crippen LogP contribution in [0.3, 0.4) is 0 Å². The fraction of sp³-hybridized carbons (Fsp3) is 0.632. The van der Waals surface area contributed by atoms with Gasteiger partial charge < -0.3 is 19.3 Å². The summed E-state index contributed by atoms with van der Waals surface area (Å²) < 4.78 is 18.5. The molecule has 1 aromatic rings. The predicted octanol–water partition coefficient (Wildman–Crippen LogP) is 2.70. The van der Waals surface area contributed by atoms with E-state index < -0.39 is 23.8 Å².